The van der Waals surface area contributed by atoms with Crippen molar-refractivity contribution in [2.75, 3.05) is 5.32 Å². The molecule has 0 fully saturated rings. The summed E-state index contributed by atoms with van der Waals surface area (Å²) in [5.41, 5.74) is 5.99. The monoisotopic (exact) mass is 351 g/mol. The number of anilines is 1. The molecule has 0 saturated carbocycles. The molecule has 0 aliphatic heterocycles. The Kier molecular flexibility index (Phi) is 4.86. The maximum absolute atomic E-state index is 12.4. The van der Waals surface area contributed by atoms with Gasteiger partial charge in [-0.25, -0.2) is 4.98 Å². The average Bonchev–Trinajstić information content (AvgIpc) is 3.14. The fourth-order valence-electron chi connectivity index (χ4n) is 2.88. The third kappa shape index (κ3) is 3.56. The van der Waals surface area contributed by atoms with Gasteiger partial charge in [0.1, 0.15) is 0 Å². The molecule has 5 heteroatoms. The first-order valence-electron chi connectivity index (χ1n) is 8.11. The van der Waals surface area contributed by atoms with E-state index in [-0.39, 0.29) is 5.91 Å². The first kappa shape index (κ1) is 17.2. The Morgan fingerprint density at radius 3 is 2.84 bits per heavy atom. The summed E-state index contributed by atoms with van der Waals surface area (Å²) < 4.78 is 2.20. The highest BCUT2D eigenvalue weighted by molar-refractivity contribution is 7.14. The molecule has 1 N–H and O–H groups in total. The van der Waals surface area contributed by atoms with Gasteiger partial charge in [-0.05, 0) is 39.0 Å². The Bertz CT molecular complexity index is 936. The quantitative estimate of drug-likeness (QED) is 0.659. The van der Waals surface area contributed by atoms with Gasteiger partial charge < -0.3 is 4.57 Å². The molecule has 25 heavy (non-hydrogen) atoms. The number of nitrogens with one attached hydrogen (secondary N) is 1. The number of allylic oxidation sites excluding steroid dienone is 1. The van der Waals surface area contributed by atoms with Gasteiger partial charge >= 0.3 is 0 Å². The van der Waals surface area contributed by atoms with E-state index < -0.39 is 0 Å². The third-order valence-corrected chi connectivity index (χ3v) is 4.92. The second-order valence-corrected chi connectivity index (χ2v) is 6.90. The molecule has 0 saturated heterocycles. The number of rotatable bonds is 5. The molecule has 0 spiro atoms. The summed E-state index contributed by atoms with van der Waals surface area (Å²) in [6, 6.07) is 9.65. The molecule has 3 aromatic rings. The number of benzene rings is 1. The van der Waals surface area contributed by atoms with Crippen molar-refractivity contribution in [3.63, 3.8) is 0 Å². The minimum atomic E-state index is -0.137. The van der Waals surface area contributed by atoms with Gasteiger partial charge in [0.2, 0.25) is 0 Å². The van der Waals surface area contributed by atoms with Crippen molar-refractivity contribution < 1.29 is 4.79 Å². The summed E-state index contributed by atoms with van der Waals surface area (Å²) in [5.74, 6) is -0.137. The van der Waals surface area contributed by atoms with E-state index in [1.807, 2.05) is 36.6 Å². The summed E-state index contributed by atoms with van der Waals surface area (Å²) in [6.07, 6.45) is 1.89. The smallest absolute Gasteiger partial charge is 0.257 e. The lowest BCUT2D eigenvalue weighted by Crippen LogP contribution is -2.11. The molecule has 0 atom stereocenters. The minimum absolute atomic E-state index is 0.137. The molecule has 0 unspecified atom stereocenters. The van der Waals surface area contributed by atoms with Crippen LogP contribution < -0.4 is 5.32 Å². The second-order valence-electron chi connectivity index (χ2n) is 6.05. The molecule has 0 bridgehead atoms. The van der Waals surface area contributed by atoms with Crippen LogP contribution in [0.2, 0.25) is 0 Å². The predicted octanol–water partition coefficient (Wildman–Crippen LogP) is 4.98. The van der Waals surface area contributed by atoms with Crippen molar-refractivity contribution in [2.45, 2.75) is 27.3 Å². The molecule has 0 radical (unpaired) electrons. The molecule has 2 aromatic heterocycles. The highest BCUT2D eigenvalue weighted by Gasteiger charge is 2.14. The van der Waals surface area contributed by atoms with E-state index in [0.717, 1.165) is 29.1 Å². The number of aromatic nitrogens is 2. The van der Waals surface area contributed by atoms with Gasteiger partial charge in [-0.2, -0.15) is 0 Å². The van der Waals surface area contributed by atoms with Crippen molar-refractivity contribution in [1.82, 2.24) is 9.55 Å². The lowest BCUT2D eigenvalue weighted by molar-refractivity contribution is 0.102. The zero-order chi connectivity index (χ0) is 18.0. The average molecular weight is 351 g/mol. The van der Waals surface area contributed by atoms with Crippen LogP contribution in [0, 0.1) is 20.8 Å². The van der Waals surface area contributed by atoms with E-state index in [2.05, 4.69) is 41.4 Å². The molecule has 4 nitrogen and oxygen atoms in total. The fraction of sp³-hybridized carbons (Fsp3) is 0.200. The van der Waals surface area contributed by atoms with Crippen LogP contribution in [0.3, 0.4) is 0 Å². The second kappa shape index (κ2) is 7.07. The Hall–Kier alpha value is -2.66. The summed E-state index contributed by atoms with van der Waals surface area (Å²) in [4.78, 5) is 17.0. The van der Waals surface area contributed by atoms with E-state index in [0.29, 0.717) is 10.7 Å². The van der Waals surface area contributed by atoms with Gasteiger partial charge in [-0.15, -0.1) is 17.9 Å². The van der Waals surface area contributed by atoms with Crippen LogP contribution in [0.25, 0.3) is 11.3 Å². The van der Waals surface area contributed by atoms with E-state index in [4.69, 9.17) is 0 Å². The number of aryl methyl sites for hydroxylation is 2. The van der Waals surface area contributed by atoms with E-state index >= 15 is 0 Å². The van der Waals surface area contributed by atoms with E-state index in [1.165, 1.54) is 17.0 Å². The molecule has 128 valence electrons. The van der Waals surface area contributed by atoms with Crippen LogP contribution in [0.15, 0.2) is 48.4 Å². The molecule has 2 heterocycles. The molecule has 0 aliphatic rings. The van der Waals surface area contributed by atoms with Crippen molar-refractivity contribution in [3.05, 3.63) is 70.9 Å². The molecule has 1 amide bonds. The predicted molar refractivity (Wildman–Crippen MR) is 104 cm³/mol. The van der Waals surface area contributed by atoms with Gasteiger partial charge in [0.15, 0.2) is 5.13 Å². The van der Waals surface area contributed by atoms with Crippen LogP contribution in [-0.2, 0) is 6.54 Å². The molecule has 3 rings (SSSR count). The Balaban J connectivity index is 1.82. The van der Waals surface area contributed by atoms with Crippen molar-refractivity contribution in [3.8, 4) is 11.3 Å². The first-order chi connectivity index (χ1) is 12.0. The molecular weight excluding hydrogens is 330 g/mol. The van der Waals surface area contributed by atoms with Gasteiger partial charge in [-0.3, -0.25) is 10.1 Å². The van der Waals surface area contributed by atoms with E-state index in [1.54, 1.807) is 6.07 Å². The topological polar surface area (TPSA) is 46.9 Å². The standard InChI is InChI=1S/C20H21N3OS/c1-5-9-23-14(3)11-17(15(23)4)18-12-25-20(21-18)22-19(24)16-8-6-7-13(2)10-16/h5-8,10-12H,1,9H2,2-4H3,(H,21,22,24). The number of nitrogens with zero attached hydrogens (tertiary/aromatic N) is 2. The summed E-state index contributed by atoms with van der Waals surface area (Å²) in [6.45, 7) is 10.7. The molecular formula is C20H21N3OS. The van der Waals surface area contributed by atoms with Gasteiger partial charge in [0.05, 0.1) is 5.69 Å². The number of carbonyl (C=O) groups excluding carboxylic acids is 1. The Morgan fingerprint density at radius 1 is 1.32 bits per heavy atom. The van der Waals surface area contributed by atoms with Crippen LogP contribution >= 0.6 is 11.3 Å². The van der Waals surface area contributed by atoms with Gasteiger partial charge in [0.25, 0.3) is 5.91 Å². The third-order valence-electron chi connectivity index (χ3n) is 4.17. The van der Waals surface area contributed by atoms with Crippen LogP contribution in [0.1, 0.15) is 27.3 Å². The van der Waals surface area contributed by atoms with Crippen molar-refractivity contribution in [2.24, 2.45) is 0 Å². The molecule has 0 aliphatic carbocycles. The summed E-state index contributed by atoms with van der Waals surface area (Å²) >= 11 is 1.44. The number of thiazole rings is 1. The lowest BCUT2D eigenvalue weighted by atomic mass is 10.1. The van der Waals surface area contributed by atoms with Crippen molar-refractivity contribution >= 4 is 22.4 Å². The fourth-order valence-corrected chi connectivity index (χ4v) is 3.59. The highest BCUT2D eigenvalue weighted by Crippen LogP contribution is 2.30. The van der Waals surface area contributed by atoms with Gasteiger partial charge in [0, 0.05) is 34.4 Å². The largest absolute Gasteiger partial charge is 0.345 e. The Labute approximate surface area is 151 Å². The lowest BCUT2D eigenvalue weighted by Gasteiger charge is -2.05. The van der Waals surface area contributed by atoms with Crippen LogP contribution in [0.5, 0.6) is 0 Å². The number of hydrogen-bond acceptors (Lipinski definition) is 3. The van der Waals surface area contributed by atoms with Crippen LogP contribution in [-0.4, -0.2) is 15.5 Å². The van der Waals surface area contributed by atoms with Crippen molar-refractivity contribution in [1.29, 1.82) is 0 Å². The normalized spacial score (nSPS) is 10.7. The SMILES string of the molecule is C=CCn1c(C)cc(-c2csc(NC(=O)c3cccc(C)c3)n2)c1C. The molecule has 1 aromatic carbocycles. The van der Waals surface area contributed by atoms with Crippen LogP contribution in [0.4, 0.5) is 5.13 Å². The Morgan fingerprint density at radius 2 is 2.12 bits per heavy atom. The summed E-state index contributed by atoms with van der Waals surface area (Å²) in [7, 11) is 0. The zero-order valence-electron chi connectivity index (χ0n) is 14.7. The first-order valence-corrected chi connectivity index (χ1v) is 8.99. The maximum atomic E-state index is 12.4. The number of hydrogen-bond donors (Lipinski definition) is 1. The maximum Gasteiger partial charge on any atom is 0.257 e. The number of carbonyl (C=O) groups is 1. The number of amides is 1. The van der Waals surface area contributed by atoms with Gasteiger partial charge in [-0.1, -0.05) is 23.8 Å². The van der Waals surface area contributed by atoms with E-state index in [9.17, 15) is 4.79 Å². The summed E-state index contributed by atoms with van der Waals surface area (Å²) in [5, 5.41) is 5.47. The minimum Gasteiger partial charge on any atom is -0.345 e. The zero-order valence-corrected chi connectivity index (χ0v) is 15.5. The highest BCUT2D eigenvalue weighted by atomic mass is 32.1.